The van der Waals surface area contributed by atoms with Crippen molar-refractivity contribution >= 4 is 5.91 Å². The minimum Gasteiger partial charge on any atom is -0.338 e. The minimum absolute atomic E-state index is 0.215. The van der Waals surface area contributed by atoms with Crippen molar-refractivity contribution in [3.8, 4) is 0 Å². The van der Waals surface area contributed by atoms with Crippen LogP contribution >= 0.6 is 0 Å². The van der Waals surface area contributed by atoms with Gasteiger partial charge in [-0.2, -0.15) is 0 Å². The molecule has 0 bridgehead atoms. The molecular formula is C21H32N4O. The summed E-state index contributed by atoms with van der Waals surface area (Å²) in [5.41, 5.74) is 2.15. The summed E-state index contributed by atoms with van der Waals surface area (Å²) in [6, 6.07) is 8.32. The molecule has 5 nitrogen and oxygen atoms in total. The Morgan fingerprint density at radius 1 is 1.04 bits per heavy atom. The van der Waals surface area contributed by atoms with Crippen LogP contribution in [0.5, 0.6) is 0 Å². The molecule has 2 aliphatic heterocycles. The maximum atomic E-state index is 12.8. The molecule has 2 heterocycles. The van der Waals surface area contributed by atoms with Crippen molar-refractivity contribution in [1.82, 2.24) is 19.6 Å². The largest absolute Gasteiger partial charge is 0.338 e. The molecule has 1 unspecified atom stereocenters. The molecule has 0 spiro atoms. The topological polar surface area (TPSA) is 30.0 Å². The fourth-order valence-electron chi connectivity index (χ4n) is 4.71. The van der Waals surface area contributed by atoms with Crippen molar-refractivity contribution in [1.29, 1.82) is 0 Å². The third-order valence-electron chi connectivity index (χ3n) is 6.44. The molecule has 1 aromatic carbocycles. The number of amides is 1. The lowest BCUT2D eigenvalue weighted by Crippen LogP contribution is -2.43. The van der Waals surface area contributed by atoms with E-state index in [1.165, 1.54) is 12.1 Å². The molecule has 1 aliphatic carbocycles. The van der Waals surface area contributed by atoms with Crippen LogP contribution in [0.2, 0.25) is 0 Å². The number of hydrogen-bond donors (Lipinski definition) is 0. The number of likely N-dealkylation sites (N-methyl/N-ethyl adjacent to an activating group) is 1. The molecule has 3 atom stereocenters. The SMILES string of the molecule is CN(C)CC1[C@H]2CN(C(=O)c3ccc(CN4CCN(C)CC4)cc3)C[C@@H]12. The van der Waals surface area contributed by atoms with E-state index in [0.717, 1.165) is 69.1 Å². The Bertz CT molecular complexity index is 624. The van der Waals surface area contributed by atoms with Crippen LogP contribution < -0.4 is 0 Å². The Morgan fingerprint density at radius 2 is 1.65 bits per heavy atom. The summed E-state index contributed by atoms with van der Waals surface area (Å²) in [5, 5.41) is 0. The first-order valence-corrected chi connectivity index (χ1v) is 9.95. The molecule has 142 valence electrons. The van der Waals surface area contributed by atoms with Crippen LogP contribution in [0.3, 0.4) is 0 Å². The van der Waals surface area contributed by atoms with Gasteiger partial charge in [0.15, 0.2) is 0 Å². The van der Waals surface area contributed by atoms with Gasteiger partial charge in [-0.25, -0.2) is 0 Å². The van der Waals surface area contributed by atoms with Gasteiger partial charge in [-0.1, -0.05) is 12.1 Å². The number of likely N-dealkylation sites (tertiary alicyclic amines) is 1. The Labute approximate surface area is 157 Å². The Balaban J connectivity index is 1.28. The van der Waals surface area contributed by atoms with Crippen molar-refractivity contribution in [2.24, 2.45) is 17.8 Å². The van der Waals surface area contributed by atoms with Crippen molar-refractivity contribution < 1.29 is 4.79 Å². The van der Waals surface area contributed by atoms with Gasteiger partial charge >= 0.3 is 0 Å². The predicted octanol–water partition coefficient (Wildman–Crippen LogP) is 1.31. The normalized spacial score (nSPS) is 29.2. The molecule has 3 aliphatic rings. The highest BCUT2D eigenvalue weighted by Gasteiger charge is 2.56. The standard InChI is InChI=1S/C21H32N4O/c1-22(2)13-18-19-14-25(15-20(18)19)21(26)17-6-4-16(5-7-17)12-24-10-8-23(3)9-11-24/h4-7,18-20H,8-15H2,1-3H3/t18?,19-,20+. The molecular weight excluding hydrogens is 324 g/mol. The van der Waals surface area contributed by atoms with Gasteiger partial charge in [-0.05, 0) is 56.6 Å². The van der Waals surface area contributed by atoms with Crippen LogP contribution in [-0.2, 0) is 6.54 Å². The van der Waals surface area contributed by atoms with E-state index in [1.807, 2.05) is 12.1 Å². The zero-order valence-corrected chi connectivity index (χ0v) is 16.4. The van der Waals surface area contributed by atoms with Crippen LogP contribution in [0.1, 0.15) is 15.9 Å². The lowest BCUT2D eigenvalue weighted by atomic mass is 10.1. The molecule has 1 aromatic rings. The lowest BCUT2D eigenvalue weighted by Gasteiger charge is -2.32. The first kappa shape index (κ1) is 18.0. The van der Waals surface area contributed by atoms with Crippen molar-refractivity contribution in [3.63, 3.8) is 0 Å². The zero-order chi connectivity index (χ0) is 18.3. The van der Waals surface area contributed by atoms with Crippen molar-refractivity contribution in [3.05, 3.63) is 35.4 Å². The van der Waals surface area contributed by atoms with E-state index in [-0.39, 0.29) is 5.91 Å². The van der Waals surface area contributed by atoms with Crippen molar-refractivity contribution in [2.45, 2.75) is 6.54 Å². The molecule has 26 heavy (non-hydrogen) atoms. The number of fused-ring (bicyclic) bond motifs is 1. The first-order chi connectivity index (χ1) is 12.5. The monoisotopic (exact) mass is 356 g/mol. The molecule has 3 fully saturated rings. The van der Waals surface area contributed by atoms with E-state index in [0.29, 0.717) is 0 Å². The summed E-state index contributed by atoms with van der Waals surface area (Å²) < 4.78 is 0. The van der Waals surface area contributed by atoms with Crippen LogP contribution in [0, 0.1) is 17.8 Å². The summed E-state index contributed by atoms with van der Waals surface area (Å²) in [5.74, 6) is 2.49. The van der Waals surface area contributed by atoms with Gasteiger partial charge in [0.1, 0.15) is 0 Å². The molecule has 4 rings (SSSR count). The third kappa shape index (κ3) is 3.80. The quantitative estimate of drug-likeness (QED) is 0.796. The molecule has 0 N–H and O–H groups in total. The maximum absolute atomic E-state index is 12.8. The van der Waals surface area contributed by atoms with Crippen LogP contribution in [-0.4, -0.2) is 92.5 Å². The molecule has 2 saturated heterocycles. The number of nitrogens with zero attached hydrogens (tertiary/aromatic N) is 4. The maximum Gasteiger partial charge on any atom is 0.253 e. The van der Waals surface area contributed by atoms with Crippen LogP contribution in [0.25, 0.3) is 0 Å². The lowest BCUT2D eigenvalue weighted by molar-refractivity contribution is 0.0765. The molecule has 0 radical (unpaired) electrons. The van der Waals surface area contributed by atoms with Gasteiger partial charge in [-0.15, -0.1) is 0 Å². The predicted molar refractivity (Wildman–Crippen MR) is 104 cm³/mol. The van der Waals surface area contributed by atoms with E-state index in [4.69, 9.17) is 0 Å². The highest BCUT2D eigenvalue weighted by molar-refractivity contribution is 5.94. The number of hydrogen-bond acceptors (Lipinski definition) is 4. The van der Waals surface area contributed by atoms with Gasteiger partial charge in [0.25, 0.3) is 5.91 Å². The third-order valence-corrected chi connectivity index (χ3v) is 6.44. The number of piperidine rings is 1. The second-order valence-electron chi connectivity index (χ2n) is 8.74. The minimum atomic E-state index is 0.215. The number of carbonyl (C=O) groups is 1. The molecule has 1 amide bonds. The second-order valence-corrected chi connectivity index (χ2v) is 8.74. The van der Waals surface area contributed by atoms with Crippen molar-refractivity contribution in [2.75, 3.05) is 67.0 Å². The Morgan fingerprint density at radius 3 is 2.23 bits per heavy atom. The van der Waals surface area contributed by atoms with E-state index < -0.39 is 0 Å². The Kier molecular flexibility index (Phi) is 5.04. The highest BCUT2D eigenvalue weighted by atomic mass is 16.2. The molecule has 5 heteroatoms. The number of piperazine rings is 1. The van der Waals surface area contributed by atoms with E-state index in [1.54, 1.807) is 0 Å². The van der Waals surface area contributed by atoms with Crippen LogP contribution in [0.4, 0.5) is 0 Å². The summed E-state index contributed by atoms with van der Waals surface area (Å²) in [6.45, 7) is 8.59. The second kappa shape index (κ2) is 7.29. The fourth-order valence-corrected chi connectivity index (χ4v) is 4.71. The van der Waals surface area contributed by atoms with Gasteiger partial charge in [0, 0.05) is 57.9 Å². The van der Waals surface area contributed by atoms with E-state index >= 15 is 0 Å². The molecule has 1 saturated carbocycles. The molecule has 0 aromatic heterocycles. The summed E-state index contributed by atoms with van der Waals surface area (Å²) in [4.78, 5) is 22.0. The van der Waals surface area contributed by atoms with E-state index in [9.17, 15) is 4.79 Å². The first-order valence-electron chi connectivity index (χ1n) is 9.95. The van der Waals surface area contributed by atoms with Crippen LogP contribution in [0.15, 0.2) is 24.3 Å². The Hall–Kier alpha value is -1.43. The summed E-state index contributed by atoms with van der Waals surface area (Å²) in [7, 11) is 6.46. The van der Waals surface area contributed by atoms with Gasteiger partial charge in [0.2, 0.25) is 0 Å². The summed E-state index contributed by atoms with van der Waals surface area (Å²) >= 11 is 0. The number of carbonyl (C=O) groups excluding carboxylic acids is 1. The average molecular weight is 357 g/mol. The zero-order valence-electron chi connectivity index (χ0n) is 16.4. The number of rotatable bonds is 5. The van der Waals surface area contributed by atoms with Gasteiger partial charge in [-0.3, -0.25) is 9.69 Å². The highest BCUT2D eigenvalue weighted by Crippen LogP contribution is 2.52. The van der Waals surface area contributed by atoms with E-state index in [2.05, 4.69) is 52.9 Å². The fraction of sp³-hybridized carbons (Fsp3) is 0.667. The summed E-state index contributed by atoms with van der Waals surface area (Å²) in [6.07, 6.45) is 0. The number of benzene rings is 1. The average Bonchev–Trinajstić information content (AvgIpc) is 3.05. The van der Waals surface area contributed by atoms with Gasteiger partial charge in [0.05, 0.1) is 0 Å². The smallest absolute Gasteiger partial charge is 0.253 e. The van der Waals surface area contributed by atoms with Gasteiger partial charge < -0.3 is 14.7 Å².